The fourth-order valence-corrected chi connectivity index (χ4v) is 3.67. The molecule has 140 valence electrons. The van der Waals surface area contributed by atoms with Gasteiger partial charge in [0.05, 0.1) is 11.6 Å². The Morgan fingerprint density at radius 2 is 1.77 bits per heavy atom. The fourth-order valence-electron chi connectivity index (χ4n) is 3.67. The van der Waals surface area contributed by atoms with Gasteiger partial charge < -0.3 is 14.4 Å². The number of nitriles is 1. The Hall–Kier alpha value is -2.26. The van der Waals surface area contributed by atoms with Crippen LogP contribution in [0.1, 0.15) is 26.3 Å². The largest absolute Gasteiger partial charge is 0.492 e. The van der Waals surface area contributed by atoms with E-state index in [1.807, 2.05) is 37.8 Å². The number of likely N-dealkylation sites (tertiary alicyclic amines) is 2. The lowest BCUT2D eigenvalue weighted by Crippen LogP contribution is -2.38. The molecule has 1 aromatic rings. The van der Waals surface area contributed by atoms with Crippen LogP contribution in [-0.4, -0.2) is 60.8 Å². The van der Waals surface area contributed by atoms with Gasteiger partial charge in [-0.2, -0.15) is 5.26 Å². The average Bonchev–Trinajstić information content (AvgIpc) is 3.12. The summed E-state index contributed by atoms with van der Waals surface area (Å²) in [7, 11) is 0. The molecule has 0 radical (unpaired) electrons. The molecule has 26 heavy (non-hydrogen) atoms. The molecular formula is C20H27N3O3. The maximum Gasteiger partial charge on any atom is 0.410 e. The molecule has 0 N–H and O–H groups in total. The summed E-state index contributed by atoms with van der Waals surface area (Å²) in [5.41, 5.74) is 0.197. The van der Waals surface area contributed by atoms with Crippen molar-refractivity contribution >= 4 is 6.09 Å². The molecule has 6 heteroatoms. The van der Waals surface area contributed by atoms with Gasteiger partial charge in [-0.15, -0.1) is 0 Å². The highest BCUT2D eigenvalue weighted by Gasteiger charge is 2.42. The molecule has 0 aromatic heterocycles. The van der Waals surface area contributed by atoms with Crippen LogP contribution in [0.2, 0.25) is 0 Å². The Kier molecular flexibility index (Phi) is 5.38. The lowest BCUT2D eigenvalue weighted by Gasteiger charge is -2.26. The van der Waals surface area contributed by atoms with Gasteiger partial charge >= 0.3 is 6.09 Å². The van der Waals surface area contributed by atoms with Crippen LogP contribution in [0.15, 0.2) is 24.3 Å². The minimum absolute atomic E-state index is 0.192. The Labute approximate surface area is 155 Å². The Bertz CT molecular complexity index is 661. The molecule has 0 spiro atoms. The zero-order valence-corrected chi connectivity index (χ0v) is 15.8. The SMILES string of the molecule is CC(C)(C)OC(=O)N1CC2CN(CCOc3ccc(C#N)cc3)CC2C1. The molecule has 0 saturated carbocycles. The van der Waals surface area contributed by atoms with E-state index < -0.39 is 5.60 Å². The third-order valence-corrected chi connectivity index (χ3v) is 4.87. The van der Waals surface area contributed by atoms with Crippen molar-refractivity contribution < 1.29 is 14.3 Å². The fraction of sp³-hybridized carbons (Fsp3) is 0.600. The van der Waals surface area contributed by atoms with E-state index in [1.54, 1.807) is 12.1 Å². The minimum Gasteiger partial charge on any atom is -0.492 e. The molecule has 2 saturated heterocycles. The Morgan fingerprint density at radius 1 is 1.15 bits per heavy atom. The van der Waals surface area contributed by atoms with Crippen LogP contribution in [-0.2, 0) is 4.74 Å². The zero-order valence-electron chi connectivity index (χ0n) is 15.8. The number of benzene rings is 1. The summed E-state index contributed by atoms with van der Waals surface area (Å²) in [6.07, 6.45) is -0.192. The number of amides is 1. The van der Waals surface area contributed by atoms with Crippen molar-refractivity contribution in [2.75, 3.05) is 39.3 Å². The van der Waals surface area contributed by atoms with Crippen LogP contribution in [0.5, 0.6) is 5.75 Å². The predicted molar refractivity (Wildman–Crippen MR) is 97.9 cm³/mol. The van der Waals surface area contributed by atoms with E-state index >= 15 is 0 Å². The maximum absolute atomic E-state index is 12.2. The number of nitrogens with zero attached hydrogens (tertiary/aromatic N) is 3. The van der Waals surface area contributed by atoms with Crippen molar-refractivity contribution in [1.82, 2.24) is 9.80 Å². The number of hydrogen-bond donors (Lipinski definition) is 0. The molecule has 2 unspecified atom stereocenters. The van der Waals surface area contributed by atoms with Crippen LogP contribution in [0, 0.1) is 23.2 Å². The number of carbonyl (C=O) groups excluding carboxylic acids is 1. The van der Waals surface area contributed by atoms with E-state index in [9.17, 15) is 4.79 Å². The molecule has 6 nitrogen and oxygen atoms in total. The highest BCUT2D eigenvalue weighted by Crippen LogP contribution is 2.31. The monoisotopic (exact) mass is 357 g/mol. The molecule has 0 bridgehead atoms. The summed E-state index contributed by atoms with van der Waals surface area (Å²) in [5.74, 6) is 1.84. The van der Waals surface area contributed by atoms with Gasteiger partial charge in [-0.1, -0.05) is 0 Å². The van der Waals surface area contributed by atoms with E-state index in [2.05, 4.69) is 11.0 Å². The predicted octanol–water partition coefficient (Wildman–Crippen LogP) is 2.74. The highest BCUT2D eigenvalue weighted by molar-refractivity contribution is 5.68. The molecule has 2 aliphatic rings. The van der Waals surface area contributed by atoms with Gasteiger partial charge in [-0.25, -0.2) is 4.79 Å². The highest BCUT2D eigenvalue weighted by atomic mass is 16.6. The number of ether oxygens (including phenoxy) is 2. The standard InChI is InChI=1S/C20H27N3O3/c1-20(2,3)26-19(24)23-13-16-11-22(12-17(16)14-23)8-9-25-18-6-4-15(10-21)5-7-18/h4-7,16-17H,8-9,11-14H2,1-3H3. The molecule has 2 atom stereocenters. The van der Waals surface area contributed by atoms with Crippen molar-refractivity contribution in [2.24, 2.45) is 11.8 Å². The third-order valence-electron chi connectivity index (χ3n) is 4.87. The van der Waals surface area contributed by atoms with Crippen molar-refractivity contribution in [3.8, 4) is 11.8 Å². The van der Waals surface area contributed by atoms with Gasteiger partial charge in [0, 0.05) is 32.7 Å². The molecule has 2 fully saturated rings. The molecule has 2 aliphatic heterocycles. The quantitative estimate of drug-likeness (QED) is 0.829. The first-order valence-electron chi connectivity index (χ1n) is 9.17. The maximum atomic E-state index is 12.2. The molecular weight excluding hydrogens is 330 g/mol. The van der Waals surface area contributed by atoms with E-state index in [0.717, 1.165) is 38.5 Å². The Balaban J connectivity index is 1.39. The van der Waals surface area contributed by atoms with Crippen molar-refractivity contribution in [3.63, 3.8) is 0 Å². The van der Waals surface area contributed by atoms with E-state index in [0.29, 0.717) is 24.0 Å². The van der Waals surface area contributed by atoms with Gasteiger partial charge in [-0.3, -0.25) is 4.90 Å². The molecule has 2 heterocycles. The molecule has 0 aliphatic carbocycles. The number of fused-ring (bicyclic) bond motifs is 1. The second-order valence-electron chi connectivity index (χ2n) is 8.15. The van der Waals surface area contributed by atoms with E-state index in [4.69, 9.17) is 14.7 Å². The normalized spacial score (nSPS) is 22.8. The lowest BCUT2D eigenvalue weighted by atomic mass is 10.0. The first-order chi connectivity index (χ1) is 12.3. The van der Waals surface area contributed by atoms with Crippen LogP contribution in [0.25, 0.3) is 0 Å². The van der Waals surface area contributed by atoms with Crippen LogP contribution < -0.4 is 4.74 Å². The van der Waals surface area contributed by atoms with Gasteiger partial charge in [0.1, 0.15) is 18.0 Å². The second kappa shape index (κ2) is 7.55. The summed E-state index contributed by atoms with van der Waals surface area (Å²) in [4.78, 5) is 16.5. The first kappa shape index (κ1) is 18.5. The summed E-state index contributed by atoms with van der Waals surface area (Å²) in [6.45, 7) is 10.8. The van der Waals surface area contributed by atoms with Crippen LogP contribution >= 0.6 is 0 Å². The molecule has 3 rings (SSSR count). The van der Waals surface area contributed by atoms with Crippen molar-refractivity contribution in [3.05, 3.63) is 29.8 Å². The summed E-state index contributed by atoms with van der Waals surface area (Å²) in [5, 5.41) is 8.81. The van der Waals surface area contributed by atoms with Gasteiger partial charge in [0.2, 0.25) is 0 Å². The van der Waals surface area contributed by atoms with Crippen molar-refractivity contribution in [1.29, 1.82) is 5.26 Å². The van der Waals surface area contributed by atoms with Gasteiger partial charge in [0.15, 0.2) is 0 Å². The molecule has 1 aromatic carbocycles. The number of hydrogen-bond acceptors (Lipinski definition) is 5. The van der Waals surface area contributed by atoms with Gasteiger partial charge in [0.25, 0.3) is 0 Å². The van der Waals surface area contributed by atoms with Gasteiger partial charge in [-0.05, 0) is 56.9 Å². The van der Waals surface area contributed by atoms with Crippen molar-refractivity contribution in [2.45, 2.75) is 26.4 Å². The summed E-state index contributed by atoms with van der Waals surface area (Å²) >= 11 is 0. The number of carbonyl (C=O) groups is 1. The van der Waals surface area contributed by atoms with Crippen LogP contribution in [0.3, 0.4) is 0 Å². The third kappa shape index (κ3) is 4.67. The molecule has 1 amide bonds. The van der Waals surface area contributed by atoms with E-state index in [1.165, 1.54) is 0 Å². The second-order valence-corrected chi connectivity index (χ2v) is 8.15. The smallest absolute Gasteiger partial charge is 0.410 e. The summed E-state index contributed by atoms with van der Waals surface area (Å²) in [6, 6.07) is 9.29. The topological polar surface area (TPSA) is 65.8 Å². The van der Waals surface area contributed by atoms with E-state index in [-0.39, 0.29) is 6.09 Å². The summed E-state index contributed by atoms with van der Waals surface area (Å²) < 4.78 is 11.2. The zero-order chi connectivity index (χ0) is 18.7. The first-order valence-corrected chi connectivity index (χ1v) is 9.17. The van der Waals surface area contributed by atoms with Crippen LogP contribution in [0.4, 0.5) is 4.79 Å². The lowest BCUT2D eigenvalue weighted by molar-refractivity contribution is 0.0273. The minimum atomic E-state index is -0.441. The number of rotatable bonds is 4. The Morgan fingerprint density at radius 3 is 2.31 bits per heavy atom. The average molecular weight is 357 g/mol.